The first-order valence-electron chi connectivity index (χ1n) is 5.85. The van der Waals surface area contributed by atoms with Crippen molar-refractivity contribution in [3.63, 3.8) is 0 Å². The van der Waals surface area contributed by atoms with E-state index < -0.39 is 16.1 Å². The molecule has 2 rings (SSSR count). The smallest absolute Gasteiger partial charge is 0.331 e. The molecule has 0 radical (unpaired) electrons. The van der Waals surface area contributed by atoms with Crippen molar-refractivity contribution in [2.24, 2.45) is 11.8 Å². The van der Waals surface area contributed by atoms with Crippen LogP contribution < -0.4 is 0 Å². The number of rotatable bonds is 1. The number of Topliss-reactive ketones (excluding diaryl/α,β-unsaturated/α-hetero) is 1. The summed E-state index contributed by atoms with van der Waals surface area (Å²) in [6.45, 7) is 0. The van der Waals surface area contributed by atoms with Gasteiger partial charge in [-0.25, -0.2) is 0 Å². The predicted octanol–water partition coefficient (Wildman–Crippen LogP) is 2.85. The third-order valence-corrected chi connectivity index (χ3v) is 6.09. The van der Waals surface area contributed by atoms with Crippen molar-refractivity contribution in [1.82, 2.24) is 0 Å². The molecule has 0 unspecified atom stereocenters. The van der Waals surface area contributed by atoms with Crippen LogP contribution in [0.1, 0.15) is 25.7 Å². The summed E-state index contributed by atoms with van der Waals surface area (Å²) in [5.41, 5.74) is 0. The normalized spacial score (nSPS) is 36.3. The molecule has 0 aromatic heterocycles. The molecule has 3 atom stereocenters. The fourth-order valence-electron chi connectivity index (χ4n) is 2.93. The van der Waals surface area contributed by atoms with Gasteiger partial charge in [0.2, 0.25) is 5.78 Å². The molecule has 1 fully saturated rings. The van der Waals surface area contributed by atoms with Crippen LogP contribution >= 0.6 is 31.9 Å². The van der Waals surface area contributed by atoms with Gasteiger partial charge in [0, 0.05) is 10.4 Å². The molecule has 1 saturated carbocycles. The number of methoxy groups -OCH3 is 1. The summed E-state index contributed by atoms with van der Waals surface area (Å²) >= 11 is 6.55. The number of carbonyl (C=O) groups is 2. The number of esters is 1. The molecule has 0 heterocycles. The van der Waals surface area contributed by atoms with Crippen molar-refractivity contribution in [3.05, 3.63) is 10.2 Å². The Bertz CT molecular complexity index is 432. The minimum atomic E-state index is -1.44. The highest BCUT2D eigenvalue weighted by molar-refractivity contribution is 9.12. The number of alkyl halides is 1. The largest absolute Gasteiger partial charge is 0.504 e. The average molecular weight is 382 g/mol. The fourth-order valence-corrected chi connectivity index (χ4v) is 4.55. The van der Waals surface area contributed by atoms with Gasteiger partial charge < -0.3 is 9.84 Å². The Hall–Kier alpha value is -0.360. The van der Waals surface area contributed by atoms with Crippen LogP contribution in [0.3, 0.4) is 0 Å². The minimum absolute atomic E-state index is 0.00470. The van der Waals surface area contributed by atoms with Crippen LogP contribution in [-0.2, 0) is 14.3 Å². The lowest BCUT2D eigenvalue weighted by molar-refractivity contribution is -0.150. The Kier molecular flexibility index (Phi) is 3.88. The third kappa shape index (κ3) is 1.84. The summed E-state index contributed by atoms with van der Waals surface area (Å²) in [6.07, 6.45) is 3.62. The molecule has 100 valence electrons. The van der Waals surface area contributed by atoms with E-state index in [1.807, 2.05) is 0 Å². The van der Waals surface area contributed by atoms with Gasteiger partial charge >= 0.3 is 5.97 Å². The second kappa shape index (κ2) is 4.96. The number of fused-ring (bicyclic) bond motifs is 1. The summed E-state index contributed by atoms with van der Waals surface area (Å²) < 4.78 is 3.83. The van der Waals surface area contributed by atoms with Gasteiger partial charge in [0.25, 0.3) is 0 Å². The molecule has 0 amide bonds. The third-order valence-electron chi connectivity index (χ3n) is 3.86. The number of aliphatic hydroxyl groups excluding tert-OH is 1. The summed E-state index contributed by atoms with van der Waals surface area (Å²) in [4.78, 5) is 24.2. The molecule has 0 aromatic rings. The zero-order valence-corrected chi connectivity index (χ0v) is 13.1. The van der Waals surface area contributed by atoms with Gasteiger partial charge in [0.05, 0.1) is 7.11 Å². The van der Waals surface area contributed by atoms with E-state index in [2.05, 4.69) is 31.9 Å². The maximum atomic E-state index is 12.2. The Balaban J connectivity index is 2.53. The number of halogens is 2. The zero-order chi connectivity index (χ0) is 13.5. The first-order chi connectivity index (χ1) is 8.44. The van der Waals surface area contributed by atoms with Crippen LogP contribution in [0, 0.1) is 11.8 Å². The molecule has 0 spiro atoms. The van der Waals surface area contributed by atoms with E-state index in [-0.39, 0.29) is 17.6 Å². The second-order valence-electron chi connectivity index (χ2n) is 4.73. The van der Waals surface area contributed by atoms with E-state index in [4.69, 9.17) is 4.74 Å². The number of ether oxygens (including phenoxy) is 1. The van der Waals surface area contributed by atoms with Crippen LogP contribution in [0.4, 0.5) is 0 Å². The van der Waals surface area contributed by atoms with E-state index in [0.717, 1.165) is 25.7 Å². The van der Waals surface area contributed by atoms with Crippen LogP contribution in [0.2, 0.25) is 0 Å². The SMILES string of the molecule is COC(=O)[C@]1(Br)C(=O)C(O)=C(Br)[C@H]2CCCC[C@H]21. The molecule has 0 bridgehead atoms. The Morgan fingerprint density at radius 1 is 1.44 bits per heavy atom. The molecule has 2 aliphatic rings. The summed E-state index contributed by atoms with van der Waals surface area (Å²) in [7, 11) is 1.25. The van der Waals surface area contributed by atoms with Gasteiger partial charge in [-0.05, 0) is 18.8 Å². The van der Waals surface area contributed by atoms with Crippen molar-refractivity contribution < 1.29 is 19.4 Å². The molecule has 0 saturated heterocycles. The lowest BCUT2D eigenvalue weighted by Crippen LogP contribution is -2.55. The Morgan fingerprint density at radius 3 is 2.67 bits per heavy atom. The number of ketones is 1. The molecule has 18 heavy (non-hydrogen) atoms. The van der Waals surface area contributed by atoms with E-state index >= 15 is 0 Å². The van der Waals surface area contributed by atoms with E-state index in [1.54, 1.807) is 0 Å². The second-order valence-corrected chi connectivity index (χ2v) is 6.83. The minimum Gasteiger partial charge on any atom is -0.504 e. The van der Waals surface area contributed by atoms with E-state index in [0.29, 0.717) is 4.48 Å². The topological polar surface area (TPSA) is 63.6 Å². The maximum Gasteiger partial charge on any atom is 0.331 e. The van der Waals surface area contributed by atoms with Crippen LogP contribution in [0.15, 0.2) is 10.2 Å². The molecule has 0 aromatic carbocycles. The number of carbonyl (C=O) groups excluding carboxylic acids is 2. The first-order valence-corrected chi connectivity index (χ1v) is 7.44. The lowest BCUT2D eigenvalue weighted by atomic mass is 9.67. The quantitative estimate of drug-likeness (QED) is 0.431. The molecule has 0 aliphatic heterocycles. The predicted molar refractivity (Wildman–Crippen MR) is 72.7 cm³/mol. The van der Waals surface area contributed by atoms with Gasteiger partial charge in [0.1, 0.15) is 0 Å². The fraction of sp³-hybridized carbons (Fsp3) is 0.667. The van der Waals surface area contributed by atoms with E-state index in [9.17, 15) is 14.7 Å². The molecule has 1 N–H and O–H groups in total. The zero-order valence-electron chi connectivity index (χ0n) is 9.91. The van der Waals surface area contributed by atoms with Gasteiger partial charge in [-0.2, -0.15) is 0 Å². The van der Waals surface area contributed by atoms with Gasteiger partial charge in [0.15, 0.2) is 10.1 Å². The lowest BCUT2D eigenvalue weighted by Gasteiger charge is -2.43. The monoisotopic (exact) mass is 380 g/mol. The highest BCUT2D eigenvalue weighted by Crippen LogP contribution is 2.52. The maximum absolute atomic E-state index is 12.2. The summed E-state index contributed by atoms with van der Waals surface area (Å²) in [5.74, 6) is -1.77. The number of aliphatic hydroxyl groups is 1. The molecular formula is C12H14Br2O4. The molecule has 4 nitrogen and oxygen atoms in total. The average Bonchev–Trinajstić information content (AvgIpc) is 2.41. The standard InChI is InChI=1S/C12H14Br2O4/c1-18-11(17)12(14)7-5-3-2-4-6(7)8(13)9(15)10(12)16/h6-7,15H,2-5H2,1H3/t6-,7+,12+/m0/s1. The highest BCUT2D eigenvalue weighted by atomic mass is 79.9. The number of hydrogen-bond acceptors (Lipinski definition) is 4. The molecular weight excluding hydrogens is 368 g/mol. The Morgan fingerprint density at radius 2 is 2.06 bits per heavy atom. The van der Waals surface area contributed by atoms with Gasteiger partial charge in [-0.15, -0.1) is 0 Å². The van der Waals surface area contributed by atoms with Crippen molar-refractivity contribution in [2.45, 2.75) is 30.0 Å². The number of hydrogen-bond donors (Lipinski definition) is 1. The van der Waals surface area contributed by atoms with Crippen molar-refractivity contribution in [1.29, 1.82) is 0 Å². The first kappa shape index (κ1) is 14.1. The molecule has 2 aliphatic carbocycles. The van der Waals surface area contributed by atoms with Gasteiger partial charge in [-0.1, -0.05) is 44.7 Å². The van der Waals surface area contributed by atoms with Crippen molar-refractivity contribution >= 4 is 43.6 Å². The molecule has 6 heteroatoms. The van der Waals surface area contributed by atoms with Crippen LogP contribution in [-0.4, -0.2) is 28.3 Å². The van der Waals surface area contributed by atoms with E-state index in [1.165, 1.54) is 7.11 Å². The van der Waals surface area contributed by atoms with Crippen LogP contribution in [0.5, 0.6) is 0 Å². The van der Waals surface area contributed by atoms with Crippen LogP contribution in [0.25, 0.3) is 0 Å². The van der Waals surface area contributed by atoms with Crippen molar-refractivity contribution in [3.8, 4) is 0 Å². The Labute approximate surface area is 122 Å². The highest BCUT2D eigenvalue weighted by Gasteiger charge is 2.59. The van der Waals surface area contributed by atoms with Gasteiger partial charge in [-0.3, -0.25) is 9.59 Å². The summed E-state index contributed by atoms with van der Waals surface area (Å²) in [6, 6.07) is 0. The van der Waals surface area contributed by atoms with Crippen molar-refractivity contribution in [2.75, 3.05) is 7.11 Å². The number of allylic oxidation sites excluding steroid dienone is 2. The summed E-state index contributed by atoms with van der Waals surface area (Å²) in [5, 5.41) is 9.91.